The number of nitrogens with zero attached hydrogens (tertiary/aromatic N) is 4. The molecule has 28 heavy (non-hydrogen) atoms. The van der Waals surface area contributed by atoms with Crippen LogP contribution in [0.2, 0.25) is 10.0 Å². The molecule has 2 heterocycles. The Hall–Kier alpha value is -2.28. The second-order valence-corrected chi connectivity index (χ2v) is 7.79. The largest absolute Gasteiger partial charge is 0.494 e. The third-order valence-corrected chi connectivity index (χ3v) is 5.61. The van der Waals surface area contributed by atoms with Crippen LogP contribution < -0.4 is 4.74 Å². The van der Waals surface area contributed by atoms with Crippen LogP contribution in [-0.4, -0.2) is 26.4 Å². The molecule has 0 saturated carbocycles. The molecular weight excluding hydrogens is 415 g/mol. The summed E-state index contributed by atoms with van der Waals surface area (Å²) in [5.41, 5.74) is 2.62. The van der Waals surface area contributed by atoms with Gasteiger partial charge in [-0.25, -0.2) is 0 Å². The minimum absolute atomic E-state index is 0.628. The van der Waals surface area contributed by atoms with E-state index in [1.807, 2.05) is 55.5 Å². The number of hydrogen-bond acceptors (Lipinski definition) is 5. The van der Waals surface area contributed by atoms with Crippen molar-refractivity contribution < 1.29 is 4.74 Å². The summed E-state index contributed by atoms with van der Waals surface area (Å²) in [4.78, 5) is 0. The number of ether oxygens (including phenoxy) is 1. The first-order chi connectivity index (χ1) is 13.6. The quantitative estimate of drug-likeness (QED) is 0.362. The van der Waals surface area contributed by atoms with Crippen molar-refractivity contribution in [3.8, 4) is 17.1 Å². The molecule has 0 fully saturated rings. The molecule has 0 aliphatic heterocycles. The number of benzene rings is 2. The standard InChI is InChI=1S/C20H16Cl2N4OS/c1-2-27-16-7-4-13(5-8-16)20-24-23-18-9-10-19(25-26(18)20)28-12-14-3-6-15(21)11-17(14)22/h3-11H,2,12H2,1H3. The summed E-state index contributed by atoms with van der Waals surface area (Å²) in [7, 11) is 0. The Morgan fingerprint density at radius 2 is 1.82 bits per heavy atom. The Labute approximate surface area is 176 Å². The molecule has 0 radical (unpaired) electrons. The zero-order valence-corrected chi connectivity index (χ0v) is 17.3. The number of rotatable bonds is 6. The van der Waals surface area contributed by atoms with Crippen LogP contribution in [0.3, 0.4) is 0 Å². The Balaban J connectivity index is 1.59. The van der Waals surface area contributed by atoms with Gasteiger partial charge in [-0.3, -0.25) is 0 Å². The Morgan fingerprint density at radius 1 is 1.00 bits per heavy atom. The molecule has 0 saturated heterocycles. The van der Waals surface area contributed by atoms with Gasteiger partial charge in [-0.05, 0) is 61.0 Å². The zero-order valence-electron chi connectivity index (χ0n) is 15.0. The molecule has 0 bridgehead atoms. The average molecular weight is 431 g/mol. The van der Waals surface area contributed by atoms with E-state index in [4.69, 9.17) is 27.9 Å². The van der Waals surface area contributed by atoms with Crippen molar-refractivity contribution >= 4 is 40.6 Å². The Morgan fingerprint density at radius 3 is 2.57 bits per heavy atom. The first-order valence-electron chi connectivity index (χ1n) is 8.66. The molecule has 8 heteroatoms. The molecule has 0 amide bonds. The first kappa shape index (κ1) is 19.1. The maximum atomic E-state index is 6.26. The summed E-state index contributed by atoms with van der Waals surface area (Å²) in [6.07, 6.45) is 0. The Kier molecular flexibility index (Phi) is 5.71. The lowest BCUT2D eigenvalue weighted by Gasteiger charge is -2.06. The predicted molar refractivity (Wildman–Crippen MR) is 113 cm³/mol. The van der Waals surface area contributed by atoms with E-state index in [1.165, 1.54) is 0 Å². The van der Waals surface area contributed by atoms with E-state index in [0.29, 0.717) is 33.9 Å². The van der Waals surface area contributed by atoms with Gasteiger partial charge in [-0.1, -0.05) is 41.0 Å². The number of halogens is 2. The van der Waals surface area contributed by atoms with Crippen LogP contribution in [0.4, 0.5) is 0 Å². The van der Waals surface area contributed by atoms with Gasteiger partial charge in [0.05, 0.1) is 6.61 Å². The lowest BCUT2D eigenvalue weighted by Crippen LogP contribution is -1.97. The Bertz CT molecular complexity index is 1120. The minimum Gasteiger partial charge on any atom is -0.494 e. The minimum atomic E-state index is 0.628. The first-order valence-corrected chi connectivity index (χ1v) is 10.4. The predicted octanol–water partition coefficient (Wildman–Crippen LogP) is 5.79. The third kappa shape index (κ3) is 4.09. The number of thioether (sulfide) groups is 1. The summed E-state index contributed by atoms with van der Waals surface area (Å²) >= 11 is 13.8. The van der Waals surface area contributed by atoms with Crippen molar-refractivity contribution in [1.29, 1.82) is 0 Å². The highest BCUT2D eigenvalue weighted by atomic mass is 35.5. The van der Waals surface area contributed by atoms with Crippen LogP contribution in [0.1, 0.15) is 12.5 Å². The number of hydrogen-bond donors (Lipinski definition) is 0. The van der Waals surface area contributed by atoms with E-state index in [1.54, 1.807) is 22.3 Å². The summed E-state index contributed by atoms with van der Waals surface area (Å²) in [6, 6.07) is 17.1. The van der Waals surface area contributed by atoms with E-state index < -0.39 is 0 Å². The van der Waals surface area contributed by atoms with Crippen molar-refractivity contribution in [1.82, 2.24) is 19.8 Å². The van der Waals surface area contributed by atoms with E-state index in [0.717, 1.165) is 21.9 Å². The van der Waals surface area contributed by atoms with E-state index in [2.05, 4.69) is 15.3 Å². The van der Waals surface area contributed by atoms with Gasteiger partial charge in [0.25, 0.3) is 0 Å². The fraction of sp³-hybridized carbons (Fsp3) is 0.150. The monoisotopic (exact) mass is 430 g/mol. The van der Waals surface area contributed by atoms with E-state index >= 15 is 0 Å². The molecule has 0 aliphatic rings. The molecule has 4 rings (SSSR count). The molecule has 4 aromatic rings. The van der Waals surface area contributed by atoms with E-state index in [-0.39, 0.29) is 0 Å². The molecule has 5 nitrogen and oxygen atoms in total. The lowest BCUT2D eigenvalue weighted by atomic mass is 10.2. The summed E-state index contributed by atoms with van der Waals surface area (Å²) in [6.45, 7) is 2.59. The third-order valence-electron chi connectivity index (χ3n) is 4.05. The molecule has 2 aromatic heterocycles. The second-order valence-electron chi connectivity index (χ2n) is 5.95. The maximum absolute atomic E-state index is 6.26. The van der Waals surface area contributed by atoms with Crippen LogP contribution in [0.15, 0.2) is 59.6 Å². The molecule has 0 N–H and O–H groups in total. The van der Waals surface area contributed by atoms with Crippen LogP contribution in [0, 0.1) is 0 Å². The van der Waals surface area contributed by atoms with Gasteiger partial charge < -0.3 is 4.74 Å². The molecule has 0 aliphatic carbocycles. The highest BCUT2D eigenvalue weighted by Gasteiger charge is 2.11. The molecule has 142 valence electrons. The van der Waals surface area contributed by atoms with Gasteiger partial charge in [0.2, 0.25) is 0 Å². The fourth-order valence-corrected chi connectivity index (χ4v) is 4.10. The van der Waals surface area contributed by atoms with Crippen molar-refractivity contribution in [2.75, 3.05) is 6.61 Å². The average Bonchev–Trinajstić information content (AvgIpc) is 3.11. The normalized spacial score (nSPS) is 11.1. The van der Waals surface area contributed by atoms with Crippen molar-refractivity contribution in [3.63, 3.8) is 0 Å². The van der Waals surface area contributed by atoms with Crippen LogP contribution in [-0.2, 0) is 5.75 Å². The van der Waals surface area contributed by atoms with Crippen molar-refractivity contribution in [2.24, 2.45) is 0 Å². The van der Waals surface area contributed by atoms with Gasteiger partial charge in [0, 0.05) is 21.4 Å². The summed E-state index contributed by atoms with van der Waals surface area (Å²) in [5, 5.41) is 15.3. The topological polar surface area (TPSA) is 52.3 Å². The van der Waals surface area contributed by atoms with Gasteiger partial charge in [-0.2, -0.15) is 9.61 Å². The smallest absolute Gasteiger partial charge is 0.185 e. The zero-order chi connectivity index (χ0) is 19.5. The SMILES string of the molecule is CCOc1ccc(-c2nnc3ccc(SCc4ccc(Cl)cc4Cl)nn23)cc1. The highest BCUT2D eigenvalue weighted by Crippen LogP contribution is 2.28. The highest BCUT2D eigenvalue weighted by molar-refractivity contribution is 7.98. The van der Waals surface area contributed by atoms with Crippen LogP contribution in [0.5, 0.6) is 5.75 Å². The van der Waals surface area contributed by atoms with Crippen molar-refractivity contribution in [3.05, 3.63) is 70.2 Å². The molecule has 0 spiro atoms. The molecular formula is C20H16Cl2N4OS. The molecule has 0 atom stereocenters. The lowest BCUT2D eigenvalue weighted by molar-refractivity contribution is 0.340. The van der Waals surface area contributed by atoms with Crippen LogP contribution in [0.25, 0.3) is 17.0 Å². The maximum Gasteiger partial charge on any atom is 0.185 e. The van der Waals surface area contributed by atoms with Gasteiger partial charge in [0.15, 0.2) is 11.5 Å². The summed E-state index contributed by atoms with van der Waals surface area (Å²) in [5.74, 6) is 2.20. The van der Waals surface area contributed by atoms with Crippen LogP contribution >= 0.6 is 35.0 Å². The van der Waals surface area contributed by atoms with Gasteiger partial charge in [-0.15, -0.1) is 10.2 Å². The van der Waals surface area contributed by atoms with Gasteiger partial charge in [0.1, 0.15) is 10.8 Å². The number of aromatic nitrogens is 4. The fourth-order valence-electron chi connectivity index (χ4n) is 2.69. The second kappa shape index (κ2) is 8.39. The molecule has 0 unspecified atom stereocenters. The van der Waals surface area contributed by atoms with E-state index in [9.17, 15) is 0 Å². The molecule has 2 aromatic carbocycles. The number of fused-ring (bicyclic) bond motifs is 1. The summed E-state index contributed by atoms with van der Waals surface area (Å²) < 4.78 is 7.25. The van der Waals surface area contributed by atoms with Gasteiger partial charge >= 0.3 is 0 Å². The van der Waals surface area contributed by atoms with Crippen molar-refractivity contribution in [2.45, 2.75) is 17.7 Å².